The summed E-state index contributed by atoms with van der Waals surface area (Å²) < 4.78 is 5.46. The number of allylic oxidation sites excluding steroid dienone is 1. The number of Topliss-reactive ketones (excluding diaryl/α,β-unsaturated/α-hetero) is 1. The summed E-state index contributed by atoms with van der Waals surface area (Å²) in [7, 11) is 0. The number of para-hydroxylation sites is 1. The van der Waals surface area contributed by atoms with Gasteiger partial charge in [0.1, 0.15) is 5.75 Å². The lowest BCUT2D eigenvalue weighted by Crippen LogP contribution is -1.95. The number of carbonyl (C=O) groups is 1. The van der Waals surface area contributed by atoms with E-state index in [-0.39, 0.29) is 5.78 Å². The fourth-order valence-corrected chi connectivity index (χ4v) is 1.22. The first-order valence-corrected chi connectivity index (χ1v) is 5.06. The number of hydrogen-bond acceptors (Lipinski definition) is 2. The van der Waals surface area contributed by atoms with Crippen LogP contribution in [-0.2, 0) is 4.79 Å². The standard InChI is InChI=1S/C13H16O2/c1-4-15-13-8-6-5-7-12(13)9-10(2)11(3)14/h5-9H,4H2,1-3H3/b10-9-. The zero-order valence-corrected chi connectivity index (χ0v) is 9.41. The zero-order chi connectivity index (χ0) is 11.3. The highest BCUT2D eigenvalue weighted by Crippen LogP contribution is 2.20. The van der Waals surface area contributed by atoms with Crippen LogP contribution in [0.15, 0.2) is 29.8 Å². The molecule has 15 heavy (non-hydrogen) atoms. The summed E-state index contributed by atoms with van der Waals surface area (Å²) >= 11 is 0. The van der Waals surface area contributed by atoms with Crippen molar-refractivity contribution in [2.24, 2.45) is 0 Å². The minimum Gasteiger partial charge on any atom is -0.493 e. The minimum atomic E-state index is 0.0845. The van der Waals surface area contributed by atoms with E-state index in [1.165, 1.54) is 0 Å². The van der Waals surface area contributed by atoms with Crippen LogP contribution in [0, 0.1) is 0 Å². The molecule has 1 aromatic rings. The molecule has 0 unspecified atom stereocenters. The van der Waals surface area contributed by atoms with E-state index in [1.807, 2.05) is 44.2 Å². The van der Waals surface area contributed by atoms with Gasteiger partial charge in [0.2, 0.25) is 0 Å². The predicted octanol–water partition coefficient (Wildman–Crippen LogP) is 3.08. The number of ether oxygens (including phenoxy) is 1. The molecule has 0 N–H and O–H groups in total. The summed E-state index contributed by atoms with van der Waals surface area (Å²) in [4.78, 5) is 11.1. The lowest BCUT2D eigenvalue weighted by atomic mass is 10.1. The van der Waals surface area contributed by atoms with Crippen molar-refractivity contribution in [3.63, 3.8) is 0 Å². The van der Waals surface area contributed by atoms with E-state index in [2.05, 4.69) is 0 Å². The van der Waals surface area contributed by atoms with Crippen LogP contribution in [0.25, 0.3) is 6.08 Å². The van der Waals surface area contributed by atoms with Gasteiger partial charge in [0.15, 0.2) is 5.78 Å². The van der Waals surface area contributed by atoms with Gasteiger partial charge in [0.25, 0.3) is 0 Å². The van der Waals surface area contributed by atoms with Gasteiger partial charge < -0.3 is 4.74 Å². The average molecular weight is 204 g/mol. The second-order valence-corrected chi connectivity index (χ2v) is 3.35. The van der Waals surface area contributed by atoms with Gasteiger partial charge in [-0.1, -0.05) is 18.2 Å². The topological polar surface area (TPSA) is 26.3 Å². The molecule has 0 saturated heterocycles. The molecule has 80 valence electrons. The molecular formula is C13H16O2. The first-order chi connectivity index (χ1) is 7.15. The van der Waals surface area contributed by atoms with E-state index in [0.29, 0.717) is 6.61 Å². The number of benzene rings is 1. The quantitative estimate of drug-likeness (QED) is 0.704. The SMILES string of the molecule is CCOc1ccccc1/C=C(/C)C(C)=O. The maximum absolute atomic E-state index is 11.1. The number of hydrogen-bond donors (Lipinski definition) is 0. The van der Waals surface area contributed by atoms with Crippen molar-refractivity contribution in [3.8, 4) is 5.75 Å². The van der Waals surface area contributed by atoms with E-state index in [4.69, 9.17) is 4.74 Å². The Morgan fingerprint density at radius 2 is 2.00 bits per heavy atom. The number of rotatable bonds is 4. The van der Waals surface area contributed by atoms with Crippen LogP contribution in [0.2, 0.25) is 0 Å². The summed E-state index contributed by atoms with van der Waals surface area (Å²) in [6, 6.07) is 7.70. The monoisotopic (exact) mass is 204 g/mol. The molecule has 0 heterocycles. The third-order valence-electron chi connectivity index (χ3n) is 2.15. The van der Waals surface area contributed by atoms with Gasteiger partial charge in [-0.2, -0.15) is 0 Å². The van der Waals surface area contributed by atoms with Gasteiger partial charge >= 0.3 is 0 Å². The van der Waals surface area contributed by atoms with Crippen molar-refractivity contribution >= 4 is 11.9 Å². The van der Waals surface area contributed by atoms with Crippen molar-refractivity contribution in [2.45, 2.75) is 20.8 Å². The van der Waals surface area contributed by atoms with Crippen molar-refractivity contribution in [2.75, 3.05) is 6.61 Å². The maximum Gasteiger partial charge on any atom is 0.155 e. The summed E-state index contributed by atoms with van der Waals surface area (Å²) in [5, 5.41) is 0. The van der Waals surface area contributed by atoms with Gasteiger partial charge in [-0.05, 0) is 38.5 Å². The Balaban J connectivity index is 3.03. The smallest absolute Gasteiger partial charge is 0.155 e. The Bertz CT molecular complexity index is 378. The molecule has 0 spiro atoms. The fraction of sp³-hybridized carbons (Fsp3) is 0.308. The molecule has 2 nitrogen and oxygen atoms in total. The van der Waals surface area contributed by atoms with E-state index in [0.717, 1.165) is 16.9 Å². The Hall–Kier alpha value is -1.57. The van der Waals surface area contributed by atoms with Crippen LogP contribution in [-0.4, -0.2) is 12.4 Å². The normalized spacial score (nSPS) is 11.3. The summed E-state index contributed by atoms with van der Waals surface area (Å²) in [5.41, 5.74) is 1.69. The highest BCUT2D eigenvalue weighted by atomic mass is 16.5. The van der Waals surface area contributed by atoms with Crippen molar-refractivity contribution in [1.29, 1.82) is 0 Å². The van der Waals surface area contributed by atoms with Crippen LogP contribution >= 0.6 is 0 Å². The number of carbonyl (C=O) groups excluding carboxylic acids is 1. The fourth-order valence-electron chi connectivity index (χ4n) is 1.22. The van der Waals surface area contributed by atoms with Gasteiger partial charge in [0, 0.05) is 5.56 Å². The first-order valence-electron chi connectivity index (χ1n) is 5.06. The summed E-state index contributed by atoms with van der Waals surface area (Å²) in [6.45, 7) is 5.95. The Morgan fingerprint density at radius 1 is 1.33 bits per heavy atom. The molecule has 2 heteroatoms. The third-order valence-corrected chi connectivity index (χ3v) is 2.15. The van der Waals surface area contributed by atoms with Crippen molar-refractivity contribution in [1.82, 2.24) is 0 Å². The maximum atomic E-state index is 11.1. The third kappa shape index (κ3) is 3.24. The molecule has 1 aromatic carbocycles. The van der Waals surface area contributed by atoms with E-state index >= 15 is 0 Å². The average Bonchev–Trinajstić information content (AvgIpc) is 2.21. The minimum absolute atomic E-state index is 0.0845. The molecule has 0 amide bonds. The molecule has 0 saturated carbocycles. The molecule has 1 rings (SSSR count). The highest BCUT2D eigenvalue weighted by molar-refractivity contribution is 5.97. The Kier molecular flexibility index (Phi) is 4.10. The molecule has 0 bridgehead atoms. The largest absolute Gasteiger partial charge is 0.493 e. The lowest BCUT2D eigenvalue weighted by Gasteiger charge is -2.06. The second-order valence-electron chi connectivity index (χ2n) is 3.35. The molecule has 0 aliphatic carbocycles. The van der Waals surface area contributed by atoms with Crippen LogP contribution in [0.5, 0.6) is 5.75 Å². The lowest BCUT2D eigenvalue weighted by molar-refractivity contribution is -0.113. The van der Waals surface area contributed by atoms with Crippen LogP contribution in [0.4, 0.5) is 0 Å². The van der Waals surface area contributed by atoms with Gasteiger partial charge in [-0.15, -0.1) is 0 Å². The van der Waals surface area contributed by atoms with Gasteiger partial charge in [-0.3, -0.25) is 4.79 Å². The second kappa shape index (κ2) is 5.35. The predicted molar refractivity (Wildman–Crippen MR) is 61.9 cm³/mol. The van der Waals surface area contributed by atoms with Crippen molar-refractivity contribution in [3.05, 3.63) is 35.4 Å². The molecule has 0 aliphatic rings. The summed E-state index contributed by atoms with van der Waals surface area (Å²) in [6.07, 6.45) is 1.85. The molecule has 0 aliphatic heterocycles. The molecule has 0 atom stereocenters. The zero-order valence-electron chi connectivity index (χ0n) is 9.41. The molecular weight excluding hydrogens is 188 g/mol. The van der Waals surface area contributed by atoms with E-state index < -0.39 is 0 Å². The van der Waals surface area contributed by atoms with Gasteiger partial charge in [-0.25, -0.2) is 0 Å². The highest BCUT2D eigenvalue weighted by Gasteiger charge is 2.01. The Morgan fingerprint density at radius 3 is 2.60 bits per heavy atom. The number of ketones is 1. The van der Waals surface area contributed by atoms with Crippen LogP contribution in [0.3, 0.4) is 0 Å². The summed E-state index contributed by atoms with van der Waals surface area (Å²) in [5.74, 6) is 0.905. The van der Waals surface area contributed by atoms with Crippen molar-refractivity contribution < 1.29 is 9.53 Å². The Labute approximate surface area is 90.6 Å². The molecule has 0 aromatic heterocycles. The van der Waals surface area contributed by atoms with Crippen LogP contribution < -0.4 is 4.74 Å². The van der Waals surface area contributed by atoms with E-state index in [9.17, 15) is 4.79 Å². The molecule has 0 fully saturated rings. The molecule has 0 radical (unpaired) electrons. The van der Waals surface area contributed by atoms with E-state index in [1.54, 1.807) is 6.92 Å². The van der Waals surface area contributed by atoms with Crippen LogP contribution in [0.1, 0.15) is 26.3 Å². The van der Waals surface area contributed by atoms with Gasteiger partial charge in [0.05, 0.1) is 6.61 Å². The first kappa shape index (κ1) is 11.5.